The number of carbonyl (C=O) groups is 1. The summed E-state index contributed by atoms with van der Waals surface area (Å²) < 4.78 is 5.11. The van der Waals surface area contributed by atoms with Gasteiger partial charge >= 0.3 is 0 Å². The Hall–Kier alpha value is -3.90. The molecule has 0 aliphatic heterocycles. The lowest BCUT2D eigenvalue weighted by atomic mass is 10.1. The van der Waals surface area contributed by atoms with Crippen LogP contribution in [-0.2, 0) is 0 Å². The summed E-state index contributed by atoms with van der Waals surface area (Å²) in [7, 11) is 1.57. The van der Waals surface area contributed by atoms with Crippen molar-refractivity contribution in [2.45, 2.75) is 0 Å². The highest BCUT2D eigenvalue weighted by Crippen LogP contribution is 2.22. The third-order valence-corrected chi connectivity index (χ3v) is 4.92. The number of H-pyrrole nitrogens is 1. The van der Waals surface area contributed by atoms with Gasteiger partial charge in [-0.05, 0) is 60.2 Å². The second-order valence-corrected chi connectivity index (χ2v) is 7.14. The van der Waals surface area contributed by atoms with Crippen LogP contribution in [-0.4, -0.2) is 23.0 Å². The van der Waals surface area contributed by atoms with Crippen LogP contribution in [0.15, 0.2) is 77.6 Å². The van der Waals surface area contributed by atoms with E-state index in [0.29, 0.717) is 27.9 Å². The van der Waals surface area contributed by atoms with Crippen molar-refractivity contribution in [2.24, 2.45) is 0 Å². The molecule has 0 aliphatic carbocycles. The Morgan fingerprint density at radius 3 is 2.61 bits per heavy atom. The Morgan fingerprint density at radius 1 is 1.06 bits per heavy atom. The summed E-state index contributed by atoms with van der Waals surface area (Å²) in [6.45, 7) is 0. The Morgan fingerprint density at radius 2 is 1.84 bits per heavy atom. The average molecular weight is 432 g/mol. The van der Waals surface area contributed by atoms with Crippen molar-refractivity contribution in [3.63, 3.8) is 0 Å². The van der Waals surface area contributed by atoms with E-state index < -0.39 is 0 Å². The van der Waals surface area contributed by atoms with Gasteiger partial charge in [0.15, 0.2) is 5.82 Å². The van der Waals surface area contributed by atoms with E-state index in [-0.39, 0.29) is 22.3 Å². The number of methoxy groups -OCH3 is 1. The lowest BCUT2D eigenvalue weighted by molar-refractivity contribution is 0.102. The minimum absolute atomic E-state index is 0.240. The smallest absolute Gasteiger partial charge is 0.259 e. The van der Waals surface area contributed by atoms with Gasteiger partial charge in [-0.25, -0.2) is 4.98 Å². The second kappa shape index (κ2) is 8.85. The molecule has 0 spiro atoms. The van der Waals surface area contributed by atoms with Crippen molar-refractivity contribution < 1.29 is 9.53 Å². The molecule has 0 fully saturated rings. The van der Waals surface area contributed by atoms with Crippen molar-refractivity contribution >= 4 is 45.2 Å². The molecule has 3 aromatic carbocycles. The average Bonchev–Trinajstić information content (AvgIpc) is 2.79. The first kappa shape index (κ1) is 20.4. The van der Waals surface area contributed by atoms with Crippen molar-refractivity contribution in [1.82, 2.24) is 9.97 Å². The number of amides is 1. The molecule has 0 bridgehead atoms. The highest BCUT2D eigenvalue weighted by molar-refractivity contribution is 6.50. The fourth-order valence-corrected chi connectivity index (χ4v) is 3.28. The van der Waals surface area contributed by atoms with Crippen LogP contribution in [0.2, 0.25) is 0 Å². The van der Waals surface area contributed by atoms with E-state index in [1.54, 1.807) is 73.8 Å². The number of carbonyl (C=O) groups excluding carboxylic acids is 1. The molecule has 0 radical (unpaired) electrons. The number of ether oxygens (including phenoxy) is 1. The number of fused-ring (bicyclic) bond motifs is 1. The monoisotopic (exact) mass is 431 g/mol. The normalized spacial score (nSPS) is 11.4. The lowest BCUT2D eigenvalue weighted by Gasteiger charge is -2.07. The Labute approximate surface area is 183 Å². The number of nitrogens with zero attached hydrogens (tertiary/aromatic N) is 1. The molecule has 1 heterocycles. The number of nitrogens with one attached hydrogen (secondary N) is 2. The van der Waals surface area contributed by atoms with Crippen LogP contribution in [0.25, 0.3) is 22.0 Å². The minimum Gasteiger partial charge on any atom is -0.497 e. The topological polar surface area (TPSA) is 84.1 Å². The van der Waals surface area contributed by atoms with Crippen molar-refractivity contribution in [3.8, 4) is 5.75 Å². The van der Waals surface area contributed by atoms with E-state index in [4.69, 9.17) is 16.3 Å². The van der Waals surface area contributed by atoms with Gasteiger partial charge in [0.2, 0.25) is 0 Å². The fraction of sp³-hybridized carbons (Fsp3) is 0.0417. The molecule has 0 saturated carbocycles. The molecule has 1 amide bonds. The summed E-state index contributed by atoms with van der Waals surface area (Å²) >= 11 is 6.42. The van der Waals surface area contributed by atoms with Gasteiger partial charge in [0, 0.05) is 11.3 Å². The molecule has 2 N–H and O–H groups in total. The Kier molecular flexibility index (Phi) is 5.82. The van der Waals surface area contributed by atoms with E-state index in [9.17, 15) is 9.59 Å². The third-order valence-electron chi connectivity index (χ3n) is 4.63. The third kappa shape index (κ3) is 4.65. The summed E-state index contributed by atoms with van der Waals surface area (Å²) in [4.78, 5) is 31.9. The summed E-state index contributed by atoms with van der Waals surface area (Å²) in [5, 5.41) is 3.64. The Balaban J connectivity index is 1.57. The van der Waals surface area contributed by atoms with Gasteiger partial charge < -0.3 is 15.0 Å². The van der Waals surface area contributed by atoms with Gasteiger partial charge in [0.1, 0.15) is 5.75 Å². The summed E-state index contributed by atoms with van der Waals surface area (Å²) in [5.41, 5.74) is 2.17. The first-order valence-corrected chi connectivity index (χ1v) is 9.83. The van der Waals surface area contributed by atoms with Gasteiger partial charge in [0.25, 0.3) is 11.5 Å². The molecule has 1 aromatic heterocycles. The number of aromatic amines is 1. The molecular weight excluding hydrogens is 414 g/mol. The van der Waals surface area contributed by atoms with Crippen LogP contribution in [0.1, 0.15) is 21.7 Å². The number of halogens is 1. The summed E-state index contributed by atoms with van der Waals surface area (Å²) in [6, 6.07) is 21.1. The standard InChI is InChI=1S/C24H18ClN3O3/c1-31-18-11-9-16(10-12-18)23(29)26-17-6-4-5-15(13-17)14-20(25)22-27-21-8-3-2-7-19(21)24(30)28-22/h2-14H,1H3,(H,26,29)(H,27,28,30)/b20-14-. The highest BCUT2D eigenvalue weighted by atomic mass is 35.5. The quantitative estimate of drug-likeness (QED) is 0.469. The van der Waals surface area contributed by atoms with E-state index in [1.165, 1.54) is 0 Å². The van der Waals surface area contributed by atoms with Crippen LogP contribution in [0.5, 0.6) is 5.75 Å². The number of anilines is 1. The molecule has 4 aromatic rings. The highest BCUT2D eigenvalue weighted by Gasteiger charge is 2.09. The summed E-state index contributed by atoms with van der Waals surface area (Å²) in [5.74, 6) is 0.715. The van der Waals surface area contributed by atoms with Crippen molar-refractivity contribution in [3.05, 3.63) is 100 Å². The number of hydrogen-bond acceptors (Lipinski definition) is 4. The lowest BCUT2D eigenvalue weighted by Crippen LogP contribution is -2.11. The zero-order valence-corrected chi connectivity index (χ0v) is 17.3. The first-order chi connectivity index (χ1) is 15.0. The Bertz CT molecular complexity index is 1340. The largest absolute Gasteiger partial charge is 0.497 e. The molecule has 4 rings (SSSR count). The van der Waals surface area contributed by atoms with Gasteiger partial charge in [-0.3, -0.25) is 9.59 Å². The molecule has 0 saturated heterocycles. The predicted molar refractivity (Wildman–Crippen MR) is 123 cm³/mol. The first-order valence-electron chi connectivity index (χ1n) is 9.45. The maximum atomic E-state index is 12.5. The van der Waals surface area contributed by atoms with E-state index in [0.717, 1.165) is 5.56 Å². The number of hydrogen-bond donors (Lipinski definition) is 2. The molecule has 6 nitrogen and oxygen atoms in total. The van der Waals surface area contributed by atoms with Crippen LogP contribution in [0, 0.1) is 0 Å². The number of aromatic nitrogens is 2. The van der Waals surface area contributed by atoms with E-state index in [1.807, 2.05) is 12.1 Å². The molecule has 154 valence electrons. The molecular formula is C24H18ClN3O3. The number of rotatable bonds is 5. The number of benzene rings is 3. The molecule has 31 heavy (non-hydrogen) atoms. The number of para-hydroxylation sites is 1. The van der Waals surface area contributed by atoms with Gasteiger partial charge in [0.05, 0.1) is 23.0 Å². The second-order valence-electron chi connectivity index (χ2n) is 6.73. The molecule has 0 unspecified atom stereocenters. The van der Waals surface area contributed by atoms with E-state index >= 15 is 0 Å². The van der Waals surface area contributed by atoms with Crippen LogP contribution in [0.3, 0.4) is 0 Å². The van der Waals surface area contributed by atoms with Crippen molar-refractivity contribution in [2.75, 3.05) is 12.4 Å². The van der Waals surface area contributed by atoms with Gasteiger partial charge in [-0.2, -0.15) is 0 Å². The van der Waals surface area contributed by atoms with Gasteiger partial charge in [-0.1, -0.05) is 35.9 Å². The predicted octanol–water partition coefficient (Wildman–Crippen LogP) is 4.92. The van der Waals surface area contributed by atoms with Gasteiger partial charge in [-0.15, -0.1) is 0 Å². The zero-order chi connectivity index (χ0) is 21.8. The maximum Gasteiger partial charge on any atom is 0.259 e. The van der Waals surface area contributed by atoms with Crippen LogP contribution < -0.4 is 15.6 Å². The molecule has 0 aliphatic rings. The maximum absolute atomic E-state index is 12.5. The zero-order valence-electron chi connectivity index (χ0n) is 16.6. The SMILES string of the molecule is COc1ccc(C(=O)Nc2cccc(/C=C(\Cl)c3nc4ccccc4c(=O)[nH]3)c2)cc1. The minimum atomic E-state index is -0.257. The van der Waals surface area contributed by atoms with Crippen LogP contribution >= 0.6 is 11.6 Å². The van der Waals surface area contributed by atoms with Crippen LogP contribution in [0.4, 0.5) is 5.69 Å². The molecule has 7 heteroatoms. The van der Waals surface area contributed by atoms with Crippen molar-refractivity contribution in [1.29, 1.82) is 0 Å². The summed E-state index contributed by atoms with van der Waals surface area (Å²) in [6.07, 6.45) is 1.68. The molecule has 0 atom stereocenters. The fourth-order valence-electron chi connectivity index (χ4n) is 3.07. The van der Waals surface area contributed by atoms with E-state index in [2.05, 4.69) is 15.3 Å².